The first kappa shape index (κ1) is 15.1. The first-order valence-electron chi connectivity index (χ1n) is 6.39. The first-order chi connectivity index (χ1) is 9.41. The number of aliphatic carboxylic acids is 1. The molecule has 0 bridgehead atoms. The van der Waals surface area contributed by atoms with Gasteiger partial charge in [0.25, 0.3) is 5.91 Å². The average Bonchev–Trinajstić information content (AvgIpc) is 2.38. The summed E-state index contributed by atoms with van der Waals surface area (Å²) < 4.78 is 0. The number of piperidine rings is 1. The largest absolute Gasteiger partial charge is 0.480 e. The van der Waals surface area contributed by atoms with Gasteiger partial charge in [-0.25, -0.2) is 4.79 Å². The number of carbonyl (C=O) groups is 2. The van der Waals surface area contributed by atoms with Crippen LogP contribution in [-0.4, -0.2) is 34.5 Å². The predicted octanol–water partition coefficient (Wildman–Crippen LogP) is 3.32. The molecule has 1 amide bonds. The van der Waals surface area contributed by atoms with Gasteiger partial charge in [0.05, 0.1) is 15.6 Å². The van der Waals surface area contributed by atoms with Gasteiger partial charge in [-0.3, -0.25) is 4.79 Å². The zero-order valence-electron chi connectivity index (χ0n) is 11.0. The minimum Gasteiger partial charge on any atom is -0.480 e. The van der Waals surface area contributed by atoms with Crippen LogP contribution in [0.15, 0.2) is 18.2 Å². The standard InChI is InChI=1S/C14H15Cl2NO3/c1-8-5-6-17(11(7-8)14(19)20)13(18)12-9(15)3-2-4-10(12)16/h2-4,8,11H,5-7H2,1H3,(H,19,20). The first-order valence-corrected chi connectivity index (χ1v) is 7.15. The van der Waals surface area contributed by atoms with Gasteiger partial charge in [0, 0.05) is 6.54 Å². The second-order valence-electron chi connectivity index (χ2n) is 5.08. The Kier molecular flexibility index (Phi) is 4.55. The van der Waals surface area contributed by atoms with E-state index in [-0.39, 0.29) is 21.5 Å². The van der Waals surface area contributed by atoms with Crippen LogP contribution in [0.5, 0.6) is 0 Å². The monoisotopic (exact) mass is 315 g/mol. The number of carbonyl (C=O) groups excluding carboxylic acids is 1. The third-order valence-electron chi connectivity index (χ3n) is 3.59. The summed E-state index contributed by atoms with van der Waals surface area (Å²) in [6.45, 7) is 2.39. The number of nitrogens with zero attached hydrogens (tertiary/aromatic N) is 1. The molecular formula is C14H15Cl2NO3. The number of hydrogen-bond donors (Lipinski definition) is 1. The number of halogens is 2. The molecule has 0 radical (unpaired) electrons. The van der Waals surface area contributed by atoms with Gasteiger partial charge in [0.2, 0.25) is 0 Å². The maximum Gasteiger partial charge on any atom is 0.326 e. The van der Waals surface area contributed by atoms with Crippen LogP contribution in [0.25, 0.3) is 0 Å². The molecule has 0 aromatic heterocycles. The summed E-state index contributed by atoms with van der Waals surface area (Å²) in [6, 6.07) is 3.97. The Morgan fingerprint density at radius 1 is 1.30 bits per heavy atom. The Morgan fingerprint density at radius 3 is 2.45 bits per heavy atom. The molecule has 2 unspecified atom stereocenters. The molecule has 108 valence electrons. The number of rotatable bonds is 2. The third kappa shape index (κ3) is 2.91. The van der Waals surface area contributed by atoms with Gasteiger partial charge in [0.15, 0.2) is 0 Å². The molecular weight excluding hydrogens is 301 g/mol. The van der Waals surface area contributed by atoms with E-state index in [1.54, 1.807) is 18.2 Å². The van der Waals surface area contributed by atoms with Crippen molar-refractivity contribution in [3.63, 3.8) is 0 Å². The molecule has 6 heteroatoms. The quantitative estimate of drug-likeness (QED) is 0.910. The molecule has 1 aromatic rings. The number of carboxylic acid groups (broad SMARTS) is 1. The van der Waals surface area contributed by atoms with E-state index in [4.69, 9.17) is 23.2 Å². The molecule has 2 atom stereocenters. The van der Waals surface area contributed by atoms with Crippen LogP contribution in [0.4, 0.5) is 0 Å². The lowest BCUT2D eigenvalue weighted by molar-refractivity contribution is -0.144. The smallest absolute Gasteiger partial charge is 0.326 e. The number of benzene rings is 1. The van der Waals surface area contributed by atoms with E-state index in [1.165, 1.54) is 4.90 Å². The van der Waals surface area contributed by atoms with Gasteiger partial charge in [0.1, 0.15) is 6.04 Å². The zero-order chi connectivity index (χ0) is 14.9. The summed E-state index contributed by atoms with van der Waals surface area (Å²) in [4.78, 5) is 25.3. The summed E-state index contributed by atoms with van der Waals surface area (Å²) in [7, 11) is 0. The Balaban J connectivity index is 2.34. The topological polar surface area (TPSA) is 57.6 Å². The van der Waals surface area contributed by atoms with Crippen LogP contribution in [0.3, 0.4) is 0 Å². The van der Waals surface area contributed by atoms with Crippen molar-refractivity contribution in [2.24, 2.45) is 5.92 Å². The number of likely N-dealkylation sites (tertiary alicyclic amines) is 1. The highest BCUT2D eigenvalue weighted by Gasteiger charge is 2.36. The Hall–Kier alpha value is -1.26. The van der Waals surface area contributed by atoms with Crippen molar-refractivity contribution in [2.75, 3.05) is 6.54 Å². The molecule has 2 rings (SSSR count). The molecule has 1 aromatic carbocycles. The molecule has 4 nitrogen and oxygen atoms in total. The average molecular weight is 316 g/mol. The summed E-state index contributed by atoms with van der Waals surface area (Å²) in [6.07, 6.45) is 1.22. The molecule has 1 saturated heterocycles. The summed E-state index contributed by atoms with van der Waals surface area (Å²) in [5, 5.41) is 9.78. The maximum absolute atomic E-state index is 12.6. The minimum absolute atomic E-state index is 0.177. The second kappa shape index (κ2) is 6.02. The van der Waals surface area contributed by atoms with Gasteiger partial charge in [-0.1, -0.05) is 36.2 Å². The fourth-order valence-electron chi connectivity index (χ4n) is 2.46. The molecule has 0 aliphatic carbocycles. The van der Waals surface area contributed by atoms with Crippen LogP contribution in [0, 0.1) is 5.92 Å². The maximum atomic E-state index is 12.6. The van der Waals surface area contributed by atoms with Crippen molar-refractivity contribution in [3.8, 4) is 0 Å². The van der Waals surface area contributed by atoms with E-state index in [2.05, 4.69) is 0 Å². The van der Waals surface area contributed by atoms with E-state index in [9.17, 15) is 14.7 Å². The van der Waals surface area contributed by atoms with E-state index in [0.29, 0.717) is 13.0 Å². The minimum atomic E-state index is -0.993. The highest BCUT2D eigenvalue weighted by molar-refractivity contribution is 6.39. The molecule has 20 heavy (non-hydrogen) atoms. The molecule has 0 saturated carbocycles. The summed E-state index contributed by atoms with van der Waals surface area (Å²) in [5.41, 5.74) is 0.177. The number of amides is 1. The molecule has 1 N–H and O–H groups in total. The van der Waals surface area contributed by atoms with Gasteiger partial charge in [-0.2, -0.15) is 0 Å². The van der Waals surface area contributed by atoms with Crippen LogP contribution < -0.4 is 0 Å². The number of carboxylic acids is 1. The van der Waals surface area contributed by atoms with Gasteiger partial charge in [-0.05, 0) is 30.9 Å². The van der Waals surface area contributed by atoms with Crippen molar-refractivity contribution in [3.05, 3.63) is 33.8 Å². The van der Waals surface area contributed by atoms with E-state index >= 15 is 0 Å². The highest BCUT2D eigenvalue weighted by Crippen LogP contribution is 2.30. The van der Waals surface area contributed by atoms with Crippen LogP contribution in [-0.2, 0) is 4.79 Å². The van der Waals surface area contributed by atoms with E-state index in [0.717, 1.165) is 6.42 Å². The van der Waals surface area contributed by atoms with Crippen molar-refractivity contribution >= 4 is 35.1 Å². The molecule has 1 aliphatic heterocycles. The van der Waals surface area contributed by atoms with Crippen LogP contribution in [0.1, 0.15) is 30.1 Å². The fraction of sp³-hybridized carbons (Fsp3) is 0.429. The predicted molar refractivity (Wildman–Crippen MR) is 77.3 cm³/mol. The Labute approximate surface area is 127 Å². The van der Waals surface area contributed by atoms with Crippen LogP contribution >= 0.6 is 23.2 Å². The lowest BCUT2D eigenvalue weighted by atomic mass is 9.92. The zero-order valence-corrected chi connectivity index (χ0v) is 12.5. The lowest BCUT2D eigenvalue weighted by Crippen LogP contribution is -2.49. The second-order valence-corrected chi connectivity index (χ2v) is 5.89. The molecule has 1 aliphatic rings. The van der Waals surface area contributed by atoms with Crippen molar-refractivity contribution < 1.29 is 14.7 Å². The SMILES string of the molecule is CC1CCN(C(=O)c2c(Cl)cccc2Cl)C(C(=O)O)C1. The Bertz CT molecular complexity index is 527. The normalized spacial score (nSPS) is 22.6. The van der Waals surface area contributed by atoms with E-state index in [1.807, 2.05) is 6.92 Å². The van der Waals surface area contributed by atoms with Crippen LogP contribution in [0.2, 0.25) is 10.0 Å². The van der Waals surface area contributed by atoms with Gasteiger partial charge >= 0.3 is 5.97 Å². The molecule has 0 spiro atoms. The molecule has 1 heterocycles. The lowest BCUT2D eigenvalue weighted by Gasteiger charge is -2.36. The Morgan fingerprint density at radius 2 is 1.90 bits per heavy atom. The van der Waals surface area contributed by atoms with Gasteiger partial charge in [-0.15, -0.1) is 0 Å². The van der Waals surface area contributed by atoms with E-state index < -0.39 is 17.9 Å². The van der Waals surface area contributed by atoms with Crippen molar-refractivity contribution in [1.82, 2.24) is 4.90 Å². The fourth-order valence-corrected chi connectivity index (χ4v) is 3.02. The highest BCUT2D eigenvalue weighted by atomic mass is 35.5. The summed E-state index contributed by atoms with van der Waals surface area (Å²) in [5.74, 6) is -1.13. The summed E-state index contributed by atoms with van der Waals surface area (Å²) >= 11 is 12.0. The third-order valence-corrected chi connectivity index (χ3v) is 4.22. The number of hydrogen-bond acceptors (Lipinski definition) is 2. The van der Waals surface area contributed by atoms with Gasteiger partial charge < -0.3 is 10.0 Å². The van der Waals surface area contributed by atoms with Crippen molar-refractivity contribution in [2.45, 2.75) is 25.8 Å². The van der Waals surface area contributed by atoms with Crippen molar-refractivity contribution in [1.29, 1.82) is 0 Å². The molecule has 1 fully saturated rings.